The van der Waals surface area contributed by atoms with Gasteiger partial charge in [0.25, 0.3) is 0 Å². The van der Waals surface area contributed by atoms with Gasteiger partial charge in [-0.05, 0) is 18.8 Å². The van der Waals surface area contributed by atoms with Crippen LogP contribution in [0.4, 0.5) is 0 Å². The Morgan fingerprint density at radius 1 is 1.38 bits per heavy atom. The minimum absolute atomic E-state index is 0.0942. The molecule has 21 heavy (non-hydrogen) atoms. The van der Waals surface area contributed by atoms with Gasteiger partial charge in [-0.3, -0.25) is 19.7 Å². The topological polar surface area (TPSA) is 121 Å². The van der Waals surface area contributed by atoms with Gasteiger partial charge in [-0.25, -0.2) is 13.1 Å². The molecule has 1 aliphatic rings. The summed E-state index contributed by atoms with van der Waals surface area (Å²) in [6.07, 6.45) is 1.64. The summed E-state index contributed by atoms with van der Waals surface area (Å²) in [5, 5.41) is 4.62. The Morgan fingerprint density at radius 2 is 2.00 bits per heavy atom. The number of hydrogen-bond donors (Lipinski definition) is 3. The van der Waals surface area contributed by atoms with E-state index in [9.17, 15) is 22.8 Å². The Bertz CT molecular complexity index is 529. The molecule has 9 heteroatoms. The quantitative estimate of drug-likeness (QED) is 0.535. The number of nitrogens with one attached hydrogen (secondary N) is 3. The van der Waals surface area contributed by atoms with E-state index in [0.29, 0.717) is 6.42 Å². The van der Waals surface area contributed by atoms with Gasteiger partial charge in [0, 0.05) is 6.42 Å². The fourth-order valence-corrected chi connectivity index (χ4v) is 2.76. The summed E-state index contributed by atoms with van der Waals surface area (Å²) in [7, 11) is -3.54. The van der Waals surface area contributed by atoms with Gasteiger partial charge in [0.15, 0.2) is 0 Å². The zero-order valence-corrected chi connectivity index (χ0v) is 13.1. The predicted octanol–water partition coefficient (Wildman–Crippen LogP) is -1.13. The van der Waals surface area contributed by atoms with Crippen molar-refractivity contribution in [1.29, 1.82) is 0 Å². The van der Waals surface area contributed by atoms with Gasteiger partial charge < -0.3 is 5.32 Å². The highest BCUT2D eigenvalue weighted by atomic mass is 32.2. The molecule has 0 bridgehead atoms. The number of carbonyl (C=O) groups excluding carboxylic acids is 3. The molecule has 1 heterocycles. The van der Waals surface area contributed by atoms with Crippen LogP contribution in [0.1, 0.15) is 33.1 Å². The van der Waals surface area contributed by atoms with Gasteiger partial charge in [0.2, 0.25) is 27.7 Å². The van der Waals surface area contributed by atoms with E-state index in [-0.39, 0.29) is 24.7 Å². The van der Waals surface area contributed by atoms with Crippen LogP contribution in [0.2, 0.25) is 0 Å². The van der Waals surface area contributed by atoms with E-state index in [0.717, 1.165) is 6.26 Å². The van der Waals surface area contributed by atoms with E-state index in [1.807, 2.05) is 13.8 Å². The molecule has 0 aromatic heterocycles. The number of piperidine rings is 1. The lowest BCUT2D eigenvalue weighted by Gasteiger charge is -2.25. The molecule has 1 rings (SSSR count). The lowest BCUT2D eigenvalue weighted by Crippen LogP contribution is -2.56. The molecule has 3 N–H and O–H groups in total. The van der Waals surface area contributed by atoms with Gasteiger partial charge >= 0.3 is 0 Å². The summed E-state index contributed by atoms with van der Waals surface area (Å²) in [5.74, 6) is -1.42. The molecule has 0 radical (unpaired) electrons. The Balaban J connectivity index is 2.72. The standard InChI is InChI=1S/C12H21N3O5S/c1-7(2)6-9(15-21(3,19)20)12(18)13-8-4-5-10(16)14-11(8)17/h7-9,15H,4-6H2,1-3H3,(H,13,18)(H,14,16,17). The van der Waals surface area contributed by atoms with Crippen LogP contribution in [0.15, 0.2) is 0 Å². The van der Waals surface area contributed by atoms with Crippen molar-refractivity contribution >= 4 is 27.7 Å². The molecule has 0 spiro atoms. The molecule has 120 valence electrons. The summed E-state index contributed by atoms with van der Waals surface area (Å²) in [6.45, 7) is 3.71. The Morgan fingerprint density at radius 3 is 2.48 bits per heavy atom. The van der Waals surface area contributed by atoms with Crippen molar-refractivity contribution < 1.29 is 22.8 Å². The lowest BCUT2D eigenvalue weighted by atomic mass is 10.0. The fraction of sp³-hybridized carbons (Fsp3) is 0.750. The van der Waals surface area contributed by atoms with Crippen molar-refractivity contribution in [2.24, 2.45) is 5.92 Å². The van der Waals surface area contributed by atoms with E-state index < -0.39 is 33.9 Å². The van der Waals surface area contributed by atoms with E-state index in [1.54, 1.807) is 0 Å². The Labute approximate surface area is 124 Å². The van der Waals surface area contributed by atoms with Crippen molar-refractivity contribution in [3.8, 4) is 0 Å². The van der Waals surface area contributed by atoms with Crippen LogP contribution in [0.3, 0.4) is 0 Å². The first-order valence-electron chi connectivity index (χ1n) is 6.70. The molecule has 1 aliphatic heterocycles. The third-order valence-corrected chi connectivity index (χ3v) is 3.65. The van der Waals surface area contributed by atoms with Crippen molar-refractivity contribution in [2.45, 2.75) is 45.2 Å². The highest BCUT2D eigenvalue weighted by Gasteiger charge is 2.31. The molecular formula is C12H21N3O5S. The van der Waals surface area contributed by atoms with Crippen molar-refractivity contribution in [3.05, 3.63) is 0 Å². The normalized spacial score (nSPS) is 21.0. The Kier molecular flexibility index (Phi) is 5.85. The van der Waals surface area contributed by atoms with E-state index in [4.69, 9.17) is 0 Å². The van der Waals surface area contributed by atoms with E-state index in [2.05, 4.69) is 15.4 Å². The van der Waals surface area contributed by atoms with Crippen molar-refractivity contribution in [3.63, 3.8) is 0 Å². The number of sulfonamides is 1. The highest BCUT2D eigenvalue weighted by molar-refractivity contribution is 7.88. The second-order valence-corrected chi connectivity index (χ2v) is 7.36. The number of rotatable bonds is 6. The van der Waals surface area contributed by atoms with Crippen LogP contribution >= 0.6 is 0 Å². The zero-order valence-electron chi connectivity index (χ0n) is 12.3. The average molecular weight is 319 g/mol. The number of carbonyl (C=O) groups is 3. The zero-order chi connectivity index (χ0) is 16.2. The summed E-state index contributed by atoms with van der Waals surface area (Å²) in [6, 6.07) is -1.75. The van der Waals surface area contributed by atoms with E-state index >= 15 is 0 Å². The molecule has 0 aromatic carbocycles. The summed E-state index contributed by atoms with van der Waals surface area (Å²) < 4.78 is 24.9. The summed E-state index contributed by atoms with van der Waals surface area (Å²) >= 11 is 0. The molecule has 1 saturated heterocycles. The second-order valence-electron chi connectivity index (χ2n) is 5.58. The molecule has 0 aromatic rings. The predicted molar refractivity (Wildman–Crippen MR) is 75.5 cm³/mol. The monoisotopic (exact) mass is 319 g/mol. The molecule has 8 nitrogen and oxygen atoms in total. The fourth-order valence-electron chi connectivity index (χ4n) is 2.04. The van der Waals surface area contributed by atoms with Gasteiger partial charge in [-0.1, -0.05) is 13.8 Å². The maximum absolute atomic E-state index is 12.1. The first-order chi connectivity index (χ1) is 9.58. The van der Waals surface area contributed by atoms with Gasteiger partial charge in [0.1, 0.15) is 12.1 Å². The van der Waals surface area contributed by atoms with Crippen LogP contribution < -0.4 is 15.4 Å². The minimum Gasteiger partial charge on any atom is -0.343 e. The lowest BCUT2D eigenvalue weighted by molar-refractivity contribution is -0.137. The molecular weight excluding hydrogens is 298 g/mol. The van der Waals surface area contributed by atoms with Crippen molar-refractivity contribution in [1.82, 2.24) is 15.4 Å². The minimum atomic E-state index is -3.54. The van der Waals surface area contributed by atoms with Gasteiger partial charge in [0.05, 0.1) is 6.26 Å². The third kappa shape index (κ3) is 6.21. The van der Waals surface area contributed by atoms with Gasteiger partial charge in [-0.2, -0.15) is 0 Å². The first-order valence-corrected chi connectivity index (χ1v) is 8.59. The largest absolute Gasteiger partial charge is 0.343 e. The summed E-state index contributed by atoms with van der Waals surface area (Å²) in [5.41, 5.74) is 0. The van der Waals surface area contributed by atoms with E-state index in [1.165, 1.54) is 0 Å². The maximum Gasteiger partial charge on any atom is 0.249 e. The average Bonchev–Trinajstić information content (AvgIpc) is 2.29. The molecule has 2 unspecified atom stereocenters. The SMILES string of the molecule is CC(C)CC(NS(C)(=O)=O)C(=O)NC1CCC(=O)NC1=O. The van der Waals surface area contributed by atoms with Crippen LogP contribution in [0.5, 0.6) is 0 Å². The first kappa shape index (κ1) is 17.6. The molecule has 1 fully saturated rings. The molecule has 0 saturated carbocycles. The van der Waals surface area contributed by atoms with Crippen molar-refractivity contribution in [2.75, 3.05) is 6.26 Å². The van der Waals surface area contributed by atoms with Crippen LogP contribution in [-0.4, -0.2) is 44.5 Å². The Hall–Kier alpha value is -1.48. The van der Waals surface area contributed by atoms with Crippen LogP contribution in [0.25, 0.3) is 0 Å². The number of hydrogen-bond acceptors (Lipinski definition) is 5. The molecule has 2 atom stereocenters. The summed E-state index contributed by atoms with van der Waals surface area (Å²) in [4.78, 5) is 34.8. The number of imide groups is 1. The van der Waals surface area contributed by atoms with Gasteiger partial charge in [-0.15, -0.1) is 0 Å². The third-order valence-electron chi connectivity index (χ3n) is 2.94. The molecule has 3 amide bonds. The van der Waals surface area contributed by atoms with Crippen LogP contribution in [0, 0.1) is 5.92 Å². The number of amides is 3. The van der Waals surface area contributed by atoms with Crippen LogP contribution in [-0.2, 0) is 24.4 Å². The molecule has 0 aliphatic carbocycles. The maximum atomic E-state index is 12.1. The highest BCUT2D eigenvalue weighted by Crippen LogP contribution is 2.09. The second kappa shape index (κ2) is 6.99. The smallest absolute Gasteiger partial charge is 0.249 e.